The van der Waals surface area contributed by atoms with Crippen molar-refractivity contribution in [1.29, 1.82) is 0 Å². The van der Waals surface area contributed by atoms with Gasteiger partial charge in [-0.3, -0.25) is 0 Å². The largest absolute Gasteiger partial charge is 0.465 e. The van der Waals surface area contributed by atoms with Gasteiger partial charge in [0.25, 0.3) is 0 Å². The summed E-state index contributed by atoms with van der Waals surface area (Å²) in [7, 11) is -2.01. The Morgan fingerprint density at radius 3 is 2.38 bits per heavy atom. The lowest BCUT2D eigenvalue weighted by Gasteiger charge is -2.50. The van der Waals surface area contributed by atoms with E-state index in [1.54, 1.807) is 0 Å². The Labute approximate surface area is 129 Å². The molecule has 5 nitrogen and oxygen atoms in total. The first kappa shape index (κ1) is 18.5. The second kappa shape index (κ2) is 6.26. The predicted octanol–water partition coefficient (Wildman–Crippen LogP) is 3.15. The maximum atomic E-state index is 11.3. The number of aliphatic hydroxyl groups excluding tert-OH is 1. The number of carbonyl (C=O) groups is 1. The molecular weight excluding hydrogens is 286 g/mol. The number of carboxylic acid groups (broad SMARTS) is 1. The molecule has 1 fully saturated rings. The number of hydrogen-bond acceptors (Lipinski definition) is 3. The van der Waals surface area contributed by atoms with Crippen LogP contribution in [0.2, 0.25) is 18.1 Å². The van der Waals surface area contributed by atoms with Gasteiger partial charge < -0.3 is 19.5 Å². The maximum absolute atomic E-state index is 11.3. The molecule has 0 aromatic heterocycles. The number of likely N-dealkylation sites (tertiary alicyclic amines) is 1. The fourth-order valence-corrected chi connectivity index (χ4v) is 3.96. The smallest absolute Gasteiger partial charge is 0.407 e. The van der Waals surface area contributed by atoms with Gasteiger partial charge in [-0.25, -0.2) is 4.79 Å². The summed E-state index contributed by atoms with van der Waals surface area (Å²) in [5.74, 6) is 0. The van der Waals surface area contributed by atoms with Crippen LogP contribution in [0.15, 0.2) is 0 Å². The molecule has 2 unspecified atom stereocenters. The standard InChI is InChI=1S/C15H31NO4Si/c1-7-15(11-17)8-9-16(13(18)19)10-12(15)20-21(5,6)14(2,3)4/h12,17H,7-11H2,1-6H3,(H,18,19). The highest BCUT2D eigenvalue weighted by atomic mass is 28.4. The number of piperidine rings is 1. The summed E-state index contributed by atoms with van der Waals surface area (Å²) in [5, 5.41) is 19.2. The highest BCUT2D eigenvalue weighted by molar-refractivity contribution is 6.74. The van der Waals surface area contributed by atoms with Gasteiger partial charge >= 0.3 is 6.09 Å². The Balaban J connectivity index is 3.02. The fourth-order valence-electron chi connectivity index (χ4n) is 2.57. The van der Waals surface area contributed by atoms with Crippen LogP contribution in [0, 0.1) is 5.41 Å². The van der Waals surface area contributed by atoms with Crippen LogP contribution in [-0.4, -0.2) is 55.3 Å². The molecule has 0 radical (unpaired) electrons. The van der Waals surface area contributed by atoms with E-state index in [-0.39, 0.29) is 23.2 Å². The van der Waals surface area contributed by atoms with Crippen molar-refractivity contribution in [2.45, 2.75) is 64.8 Å². The van der Waals surface area contributed by atoms with E-state index in [2.05, 4.69) is 40.8 Å². The SMILES string of the molecule is CCC1(CO)CCN(C(=O)O)CC1O[Si](C)(C)C(C)(C)C. The van der Waals surface area contributed by atoms with Crippen LogP contribution < -0.4 is 0 Å². The maximum Gasteiger partial charge on any atom is 0.407 e. The number of hydrogen-bond donors (Lipinski definition) is 2. The lowest BCUT2D eigenvalue weighted by molar-refractivity contribution is -0.0626. The molecule has 0 spiro atoms. The summed E-state index contributed by atoms with van der Waals surface area (Å²) >= 11 is 0. The molecule has 124 valence electrons. The van der Waals surface area contributed by atoms with Gasteiger partial charge in [0.1, 0.15) is 0 Å². The third-order valence-corrected chi connectivity index (χ3v) is 9.97. The molecule has 0 aliphatic carbocycles. The number of nitrogens with zero attached hydrogens (tertiary/aromatic N) is 1. The van der Waals surface area contributed by atoms with Gasteiger partial charge in [0.15, 0.2) is 8.32 Å². The number of aliphatic hydroxyl groups is 1. The molecule has 0 saturated carbocycles. The van der Waals surface area contributed by atoms with Crippen molar-refractivity contribution in [1.82, 2.24) is 4.90 Å². The second-order valence-corrected chi connectivity index (χ2v) is 12.5. The molecule has 0 aromatic rings. The van der Waals surface area contributed by atoms with E-state index < -0.39 is 14.4 Å². The molecule has 1 heterocycles. The van der Waals surface area contributed by atoms with Crippen LogP contribution in [0.25, 0.3) is 0 Å². The van der Waals surface area contributed by atoms with E-state index in [9.17, 15) is 15.0 Å². The number of rotatable bonds is 4. The van der Waals surface area contributed by atoms with Gasteiger partial charge in [0.2, 0.25) is 0 Å². The van der Waals surface area contributed by atoms with E-state index in [4.69, 9.17) is 4.43 Å². The van der Waals surface area contributed by atoms with Crippen LogP contribution in [0.1, 0.15) is 40.5 Å². The van der Waals surface area contributed by atoms with Gasteiger partial charge in [-0.05, 0) is 31.0 Å². The fraction of sp³-hybridized carbons (Fsp3) is 0.933. The monoisotopic (exact) mass is 317 g/mol. The molecule has 6 heteroatoms. The first-order chi connectivity index (χ1) is 9.49. The van der Waals surface area contributed by atoms with E-state index in [1.165, 1.54) is 4.90 Å². The quantitative estimate of drug-likeness (QED) is 0.782. The minimum Gasteiger partial charge on any atom is -0.465 e. The molecule has 2 atom stereocenters. The summed E-state index contributed by atoms with van der Waals surface area (Å²) in [4.78, 5) is 12.7. The second-order valence-electron chi connectivity index (χ2n) is 7.72. The molecule has 1 aliphatic heterocycles. The van der Waals surface area contributed by atoms with Gasteiger partial charge in [-0.2, -0.15) is 0 Å². The molecule has 0 aromatic carbocycles. The molecule has 1 saturated heterocycles. The van der Waals surface area contributed by atoms with Crippen molar-refractivity contribution in [2.75, 3.05) is 19.7 Å². The van der Waals surface area contributed by atoms with Crippen LogP contribution >= 0.6 is 0 Å². The Morgan fingerprint density at radius 2 is 2.00 bits per heavy atom. The van der Waals surface area contributed by atoms with E-state index in [0.29, 0.717) is 19.5 Å². The van der Waals surface area contributed by atoms with E-state index in [1.807, 2.05) is 0 Å². The van der Waals surface area contributed by atoms with Crippen LogP contribution in [0.5, 0.6) is 0 Å². The van der Waals surface area contributed by atoms with Crippen molar-refractivity contribution in [3.63, 3.8) is 0 Å². The minimum atomic E-state index is -2.01. The van der Waals surface area contributed by atoms with Crippen LogP contribution in [0.4, 0.5) is 4.79 Å². The van der Waals surface area contributed by atoms with Gasteiger partial charge in [-0.1, -0.05) is 27.7 Å². The lowest BCUT2D eigenvalue weighted by Crippen LogP contribution is -2.59. The third-order valence-electron chi connectivity index (χ3n) is 5.48. The predicted molar refractivity (Wildman–Crippen MR) is 86.1 cm³/mol. The zero-order chi connectivity index (χ0) is 16.5. The van der Waals surface area contributed by atoms with Gasteiger partial charge in [0.05, 0.1) is 12.7 Å². The lowest BCUT2D eigenvalue weighted by atomic mass is 9.75. The molecule has 21 heavy (non-hydrogen) atoms. The summed E-state index contributed by atoms with van der Waals surface area (Å²) in [6.45, 7) is 13.8. The highest BCUT2D eigenvalue weighted by Crippen LogP contribution is 2.43. The van der Waals surface area contributed by atoms with Crippen molar-refractivity contribution in [2.24, 2.45) is 5.41 Å². The normalized spacial score (nSPS) is 27.8. The summed E-state index contributed by atoms with van der Waals surface area (Å²) in [5.41, 5.74) is -0.318. The van der Waals surface area contributed by atoms with Crippen molar-refractivity contribution in [3.8, 4) is 0 Å². The Hall–Kier alpha value is -0.593. The Kier molecular flexibility index (Phi) is 5.50. The molecular formula is C15H31NO4Si. The average molecular weight is 318 g/mol. The summed E-state index contributed by atoms with van der Waals surface area (Å²) in [6, 6.07) is 0. The van der Waals surface area contributed by atoms with Crippen LogP contribution in [0.3, 0.4) is 0 Å². The third kappa shape index (κ3) is 3.79. The summed E-state index contributed by atoms with van der Waals surface area (Å²) in [6.07, 6.45) is 0.335. The molecule has 1 rings (SSSR count). The van der Waals surface area contributed by atoms with E-state index >= 15 is 0 Å². The zero-order valence-corrected chi connectivity index (χ0v) is 15.3. The topological polar surface area (TPSA) is 70.0 Å². The first-order valence-electron chi connectivity index (χ1n) is 7.75. The van der Waals surface area contributed by atoms with Crippen LogP contribution in [-0.2, 0) is 4.43 Å². The van der Waals surface area contributed by atoms with Crippen molar-refractivity contribution >= 4 is 14.4 Å². The van der Waals surface area contributed by atoms with Gasteiger partial charge in [0, 0.05) is 18.5 Å². The summed E-state index contributed by atoms with van der Waals surface area (Å²) < 4.78 is 6.50. The number of amides is 1. The Morgan fingerprint density at radius 1 is 1.43 bits per heavy atom. The minimum absolute atomic E-state index is 0.0518. The molecule has 2 N–H and O–H groups in total. The average Bonchev–Trinajstić information content (AvgIpc) is 2.37. The molecule has 1 amide bonds. The van der Waals surface area contributed by atoms with Crippen molar-refractivity contribution < 1.29 is 19.4 Å². The first-order valence-corrected chi connectivity index (χ1v) is 10.7. The van der Waals surface area contributed by atoms with E-state index in [0.717, 1.165) is 6.42 Å². The highest BCUT2D eigenvalue weighted by Gasteiger charge is 2.48. The Bertz CT molecular complexity index is 374. The molecule has 0 bridgehead atoms. The molecule has 1 aliphatic rings. The van der Waals surface area contributed by atoms with Crippen molar-refractivity contribution in [3.05, 3.63) is 0 Å². The van der Waals surface area contributed by atoms with Gasteiger partial charge in [-0.15, -0.1) is 0 Å². The zero-order valence-electron chi connectivity index (χ0n) is 14.3.